The van der Waals surface area contributed by atoms with Gasteiger partial charge in [0.25, 0.3) is 0 Å². The first kappa shape index (κ1) is 10.0. The topological polar surface area (TPSA) is 43.3 Å². The summed E-state index contributed by atoms with van der Waals surface area (Å²) in [7, 11) is 0. The number of imidazole rings is 1. The highest BCUT2D eigenvalue weighted by atomic mass is 79.9. The molecule has 16 heavy (non-hydrogen) atoms. The van der Waals surface area contributed by atoms with Crippen molar-refractivity contribution in [2.75, 3.05) is 0 Å². The van der Waals surface area contributed by atoms with Gasteiger partial charge in [0.1, 0.15) is 10.7 Å². The Morgan fingerprint density at radius 2 is 2.38 bits per heavy atom. The standard InChI is InChI=1S/C10H8BrN3OS/c1-2-9-13-14-5-6(12-10(14)16-9)7-3-4-8(11)15-7/h3-5H,2H2,1H3. The average molecular weight is 298 g/mol. The molecule has 0 bridgehead atoms. The van der Waals surface area contributed by atoms with E-state index in [1.807, 2.05) is 18.3 Å². The summed E-state index contributed by atoms with van der Waals surface area (Å²) in [4.78, 5) is 5.37. The summed E-state index contributed by atoms with van der Waals surface area (Å²) in [6.07, 6.45) is 2.83. The molecule has 0 aliphatic carbocycles. The number of aromatic nitrogens is 3. The lowest BCUT2D eigenvalue weighted by molar-refractivity contribution is 0.554. The van der Waals surface area contributed by atoms with Crippen molar-refractivity contribution in [3.05, 3.63) is 28.0 Å². The Labute approximate surface area is 104 Å². The van der Waals surface area contributed by atoms with Crippen LogP contribution in [0.25, 0.3) is 16.4 Å². The number of hydrogen-bond acceptors (Lipinski definition) is 4. The molecule has 3 aromatic rings. The second kappa shape index (κ2) is 3.71. The number of halogens is 1. The van der Waals surface area contributed by atoms with Crippen LogP contribution >= 0.6 is 27.3 Å². The van der Waals surface area contributed by atoms with Crippen LogP contribution in [0.4, 0.5) is 0 Å². The van der Waals surface area contributed by atoms with E-state index < -0.39 is 0 Å². The second-order valence-corrected chi connectivity index (χ2v) is 5.13. The van der Waals surface area contributed by atoms with Crippen LogP contribution in [0.15, 0.2) is 27.4 Å². The molecule has 0 saturated carbocycles. The number of rotatable bonds is 2. The molecule has 0 N–H and O–H groups in total. The predicted octanol–water partition coefficient (Wildman–Crippen LogP) is 3.38. The highest BCUT2D eigenvalue weighted by Crippen LogP contribution is 2.26. The van der Waals surface area contributed by atoms with Crippen LogP contribution in [-0.4, -0.2) is 14.6 Å². The van der Waals surface area contributed by atoms with E-state index in [4.69, 9.17) is 4.42 Å². The van der Waals surface area contributed by atoms with Crippen LogP contribution in [0.5, 0.6) is 0 Å². The first-order valence-electron chi connectivity index (χ1n) is 4.87. The first-order valence-corrected chi connectivity index (χ1v) is 6.48. The maximum absolute atomic E-state index is 5.44. The Bertz CT molecular complexity index is 608. The molecular weight excluding hydrogens is 290 g/mol. The molecule has 0 spiro atoms. The zero-order valence-corrected chi connectivity index (χ0v) is 10.9. The summed E-state index contributed by atoms with van der Waals surface area (Å²) in [5.41, 5.74) is 0.812. The van der Waals surface area contributed by atoms with Gasteiger partial charge in [0.2, 0.25) is 4.96 Å². The van der Waals surface area contributed by atoms with Gasteiger partial charge in [0, 0.05) is 0 Å². The normalized spacial score (nSPS) is 11.4. The minimum atomic E-state index is 0.709. The van der Waals surface area contributed by atoms with Gasteiger partial charge in [0.15, 0.2) is 10.4 Å². The number of nitrogens with zero attached hydrogens (tertiary/aromatic N) is 3. The lowest BCUT2D eigenvalue weighted by Crippen LogP contribution is -1.83. The Hall–Kier alpha value is -1.14. The maximum atomic E-state index is 5.44. The van der Waals surface area contributed by atoms with Crippen molar-refractivity contribution in [3.8, 4) is 11.5 Å². The van der Waals surface area contributed by atoms with E-state index in [-0.39, 0.29) is 0 Å². The predicted molar refractivity (Wildman–Crippen MR) is 65.6 cm³/mol. The third kappa shape index (κ3) is 1.58. The summed E-state index contributed by atoms with van der Waals surface area (Å²) in [6.45, 7) is 2.09. The number of hydrogen-bond donors (Lipinski definition) is 0. The van der Waals surface area contributed by atoms with E-state index in [2.05, 4.69) is 32.9 Å². The van der Waals surface area contributed by atoms with Gasteiger partial charge in [-0.1, -0.05) is 18.3 Å². The van der Waals surface area contributed by atoms with Crippen molar-refractivity contribution in [3.63, 3.8) is 0 Å². The molecule has 0 aliphatic heterocycles. The van der Waals surface area contributed by atoms with Crippen LogP contribution in [-0.2, 0) is 6.42 Å². The van der Waals surface area contributed by atoms with Crippen molar-refractivity contribution < 1.29 is 4.42 Å². The molecule has 0 atom stereocenters. The Morgan fingerprint density at radius 1 is 1.50 bits per heavy atom. The smallest absolute Gasteiger partial charge is 0.212 e. The fourth-order valence-corrected chi connectivity index (χ4v) is 2.58. The molecule has 0 radical (unpaired) electrons. The maximum Gasteiger partial charge on any atom is 0.212 e. The zero-order valence-electron chi connectivity index (χ0n) is 8.48. The molecule has 3 rings (SSSR count). The van der Waals surface area contributed by atoms with Gasteiger partial charge in [-0.15, -0.1) is 0 Å². The van der Waals surface area contributed by atoms with Gasteiger partial charge in [-0.3, -0.25) is 0 Å². The molecule has 3 heterocycles. The highest BCUT2D eigenvalue weighted by molar-refractivity contribution is 9.10. The fraction of sp³-hybridized carbons (Fsp3) is 0.200. The Kier molecular flexibility index (Phi) is 2.33. The van der Waals surface area contributed by atoms with Crippen molar-refractivity contribution in [1.29, 1.82) is 0 Å². The molecule has 6 heteroatoms. The van der Waals surface area contributed by atoms with Crippen LogP contribution in [0.1, 0.15) is 11.9 Å². The largest absolute Gasteiger partial charge is 0.448 e. The van der Waals surface area contributed by atoms with Gasteiger partial charge < -0.3 is 4.42 Å². The summed E-state index contributed by atoms with van der Waals surface area (Å²) < 4.78 is 7.95. The van der Waals surface area contributed by atoms with Crippen LogP contribution < -0.4 is 0 Å². The van der Waals surface area contributed by atoms with Crippen molar-refractivity contribution in [2.45, 2.75) is 13.3 Å². The quantitative estimate of drug-likeness (QED) is 0.728. The molecular formula is C10H8BrN3OS. The minimum Gasteiger partial charge on any atom is -0.448 e. The zero-order chi connectivity index (χ0) is 11.1. The molecule has 82 valence electrons. The third-order valence-corrected chi connectivity index (χ3v) is 3.71. The molecule has 0 aliphatic rings. The van der Waals surface area contributed by atoms with Crippen molar-refractivity contribution >= 4 is 32.2 Å². The van der Waals surface area contributed by atoms with Gasteiger partial charge in [0.05, 0.1) is 6.20 Å². The van der Waals surface area contributed by atoms with Crippen molar-refractivity contribution in [1.82, 2.24) is 14.6 Å². The Morgan fingerprint density at radius 3 is 3.00 bits per heavy atom. The lowest BCUT2D eigenvalue weighted by Gasteiger charge is -1.87. The summed E-state index contributed by atoms with van der Waals surface area (Å²) in [5, 5.41) is 5.50. The van der Waals surface area contributed by atoms with Gasteiger partial charge in [-0.05, 0) is 34.5 Å². The number of furan rings is 1. The van der Waals surface area contributed by atoms with E-state index in [0.29, 0.717) is 4.67 Å². The van der Waals surface area contributed by atoms with Gasteiger partial charge >= 0.3 is 0 Å². The van der Waals surface area contributed by atoms with Crippen LogP contribution in [0, 0.1) is 0 Å². The highest BCUT2D eigenvalue weighted by Gasteiger charge is 2.11. The first-order chi connectivity index (χ1) is 7.76. The SMILES string of the molecule is CCc1nn2cc(-c3ccc(Br)o3)nc2s1. The van der Waals surface area contributed by atoms with Crippen LogP contribution in [0.3, 0.4) is 0 Å². The van der Waals surface area contributed by atoms with Gasteiger partial charge in [-0.2, -0.15) is 5.10 Å². The summed E-state index contributed by atoms with van der Waals surface area (Å²) in [6, 6.07) is 3.74. The van der Waals surface area contributed by atoms with E-state index in [9.17, 15) is 0 Å². The monoisotopic (exact) mass is 297 g/mol. The lowest BCUT2D eigenvalue weighted by atomic mass is 10.4. The molecule has 0 amide bonds. The molecule has 3 aromatic heterocycles. The third-order valence-electron chi connectivity index (χ3n) is 2.21. The second-order valence-electron chi connectivity index (χ2n) is 3.31. The summed E-state index contributed by atoms with van der Waals surface area (Å²) in [5.74, 6) is 0.752. The average Bonchev–Trinajstić information content (AvgIpc) is 2.89. The van der Waals surface area contributed by atoms with Crippen LogP contribution in [0.2, 0.25) is 0 Å². The molecule has 0 aromatic carbocycles. The van der Waals surface area contributed by atoms with E-state index in [1.54, 1.807) is 15.9 Å². The van der Waals surface area contributed by atoms with Crippen molar-refractivity contribution in [2.24, 2.45) is 0 Å². The van der Waals surface area contributed by atoms with E-state index in [0.717, 1.165) is 27.8 Å². The number of fused-ring (bicyclic) bond motifs is 1. The molecule has 4 nitrogen and oxygen atoms in total. The minimum absolute atomic E-state index is 0.709. The Balaban J connectivity index is 2.09. The van der Waals surface area contributed by atoms with E-state index in [1.165, 1.54) is 0 Å². The van der Waals surface area contributed by atoms with Gasteiger partial charge in [-0.25, -0.2) is 9.50 Å². The molecule has 0 unspecified atom stereocenters. The summed E-state index contributed by atoms with van der Waals surface area (Å²) >= 11 is 4.88. The molecule has 0 fully saturated rings. The van der Waals surface area contributed by atoms with E-state index >= 15 is 0 Å². The fourth-order valence-electron chi connectivity index (χ4n) is 1.45. The molecule has 0 saturated heterocycles. The number of aryl methyl sites for hydroxylation is 1.